The fourth-order valence-electron chi connectivity index (χ4n) is 1.11. The van der Waals surface area contributed by atoms with Crippen molar-refractivity contribution in [2.45, 2.75) is 4.83 Å². The van der Waals surface area contributed by atoms with Crippen molar-refractivity contribution >= 4 is 49.3 Å². The fourth-order valence-corrected chi connectivity index (χ4v) is 1.92. The van der Waals surface area contributed by atoms with Crippen molar-refractivity contribution in [3.63, 3.8) is 0 Å². The molecule has 0 N–H and O–H groups in total. The Labute approximate surface area is 110 Å². The number of benzene rings is 1. The van der Waals surface area contributed by atoms with E-state index < -0.39 is 10.8 Å². The van der Waals surface area contributed by atoms with Crippen LogP contribution in [0, 0.1) is 0 Å². The van der Waals surface area contributed by atoms with Crippen LogP contribution in [0.2, 0.25) is 0 Å². The van der Waals surface area contributed by atoms with E-state index in [1.165, 1.54) is 7.11 Å². The zero-order valence-corrected chi connectivity index (χ0v) is 11.5. The average Bonchev–Trinajstić information content (AvgIpc) is 2.31. The van der Waals surface area contributed by atoms with Crippen molar-refractivity contribution in [1.82, 2.24) is 0 Å². The molecule has 1 aromatic rings. The third kappa shape index (κ3) is 3.04. The van der Waals surface area contributed by atoms with Crippen LogP contribution in [0.1, 0.15) is 5.56 Å². The Morgan fingerprint density at radius 1 is 1.38 bits per heavy atom. The monoisotopic (exact) mass is 346 g/mol. The number of halogens is 2. The largest absolute Gasteiger partial charge is 0.468 e. The molecular weight excluding hydrogens is 340 g/mol. The molecule has 1 rings (SSSR count). The van der Waals surface area contributed by atoms with Gasteiger partial charge in [0.2, 0.25) is 0 Å². The molecule has 0 saturated heterocycles. The predicted octanol–water partition coefficient (Wildman–Crippen LogP) is 2.60. The Morgan fingerprint density at radius 3 is 2.38 bits per heavy atom. The molecule has 84 valence electrons. The molecule has 0 spiro atoms. The maximum absolute atomic E-state index is 11.3. The first-order valence-electron chi connectivity index (χ1n) is 4.33. The van der Waals surface area contributed by atoms with Gasteiger partial charge in [-0.25, -0.2) is 4.79 Å². The van der Waals surface area contributed by atoms with Gasteiger partial charge < -0.3 is 4.74 Å². The minimum atomic E-state index is -0.795. The van der Waals surface area contributed by atoms with E-state index in [0.717, 1.165) is 4.47 Å². The molecule has 16 heavy (non-hydrogen) atoms. The maximum Gasteiger partial charge on any atom is 0.324 e. The number of hydrogen-bond donors (Lipinski definition) is 0. The molecule has 0 aromatic heterocycles. The first-order valence-corrected chi connectivity index (χ1v) is 6.04. The highest BCUT2D eigenvalue weighted by molar-refractivity contribution is 9.10. The van der Waals surface area contributed by atoms with Gasteiger partial charge in [0, 0.05) is 4.47 Å². The lowest BCUT2D eigenvalue weighted by Gasteiger charge is -2.09. The summed E-state index contributed by atoms with van der Waals surface area (Å²) in [6.45, 7) is 0. The Kier molecular flexibility index (Phi) is 4.93. The Hall–Kier alpha value is -0.900. The highest BCUT2D eigenvalue weighted by Gasteiger charge is 2.22. The first-order chi connectivity index (χ1) is 7.60. The summed E-state index contributed by atoms with van der Waals surface area (Å²) in [6, 6.07) is 7.01. The van der Waals surface area contributed by atoms with Gasteiger partial charge in [0.15, 0.2) is 0 Å². The second-order valence-corrected chi connectivity index (χ2v) is 4.74. The first kappa shape index (κ1) is 13.2. The molecule has 1 unspecified atom stereocenters. The minimum absolute atomic E-state index is 0.222. The van der Waals surface area contributed by atoms with Crippen LogP contribution in [0.25, 0.3) is 5.57 Å². The molecule has 1 aromatic carbocycles. The van der Waals surface area contributed by atoms with Crippen LogP contribution in [0.4, 0.5) is 0 Å². The van der Waals surface area contributed by atoms with E-state index in [0.29, 0.717) is 5.56 Å². The summed E-state index contributed by atoms with van der Waals surface area (Å²) in [7, 11) is 1.26. The zero-order chi connectivity index (χ0) is 12.1. The number of ether oxygens (including phenoxy) is 1. The molecule has 0 saturated carbocycles. The third-order valence-corrected chi connectivity index (χ3v) is 3.29. The third-order valence-electron chi connectivity index (χ3n) is 1.93. The van der Waals surface area contributed by atoms with Crippen molar-refractivity contribution in [1.29, 1.82) is 0 Å². The number of methoxy groups -OCH3 is 1. The summed E-state index contributed by atoms with van der Waals surface area (Å²) < 4.78 is 5.44. The van der Waals surface area contributed by atoms with Gasteiger partial charge in [-0.1, -0.05) is 44.0 Å². The summed E-state index contributed by atoms with van der Waals surface area (Å²) >= 11 is 6.38. The van der Waals surface area contributed by atoms with E-state index in [-0.39, 0.29) is 5.57 Å². The molecule has 0 aliphatic carbocycles. The Morgan fingerprint density at radius 2 is 1.94 bits per heavy atom. The van der Waals surface area contributed by atoms with Crippen LogP contribution in [0.15, 0.2) is 28.7 Å². The molecular formula is C11H8Br2O3. The van der Waals surface area contributed by atoms with Crippen molar-refractivity contribution in [2.24, 2.45) is 0 Å². The van der Waals surface area contributed by atoms with Crippen LogP contribution < -0.4 is 0 Å². The van der Waals surface area contributed by atoms with Gasteiger partial charge in [-0.3, -0.25) is 4.79 Å². The standard InChI is InChI=1S/C11H8Br2O3/c1-16-11(15)10(13)9(6-14)7-2-4-8(12)5-3-7/h2-5,10H,1H3. The lowest BCUT2D eigenvalue weighted by atomic mass is 10.0. The van der Waals surface area contributed by atoms with Gasteiger partial charge in [-0.05, 0) is 17.7 Å². The molecule has 5 heteroatoms. The number of esters is 1. The maximum atomic E-state index is 11.3. The van der Waals surface area contributed by atoms with Crippen molar-refractivity contribution in [2.75, 3.05) is 7.11 Å². The molecule has 0 bridgehead atoms. The quantitative estimate of drug-likeness (QED) is 0.479. The number of carbonyl (C=O) groups excluding carboxylic acids is 2. The van der Waals surface area contributed by atoms with Crippen LogP contribution in [-0.4, -0.2) is 23.8 Å². The summed E-state index contributed by atoms with van der Waals surface area (Å²) in [5.74, 6) is 1.23. The summed E-state index contributed by atoms with van der Waals surface area (Å²) in [4.78, 5) is 21.3. The average molecular weight is 348 g/mol. The van der Waals surface area contributed by atoms with E-state index in [2.05, 4.69) is 36.6 Å². The molecule has 0 aliphatic rings. The lowest BCUT2D eigenvalue weighted by Crippen LogP contribution is -2.17. The van der Waals surface area contributed by atoms with Gasteiger partial charge in [-0.2, -0.15) is 0 Å². The van der Waals surface area contributed by atoms with Gasteiger partial charge in [0.1, 0.15) is 10.8 Å². The van der Waals surface area contributed by atoms with E-state index in [1.807, 2.05) is 0 Å². The predicted molar refractivity (Wildman–Crippen MR) is 68.0 cm³/mol. The number of carbonyl (C=O) groups is 1. The van der Waals surface area contributed by atoms with Crippen LogP contribution >= 0.6 is 31.9 Å². The van der Waals surface area contributed by atoms with E-state index in [4.69, 9.17) is 0 Å². The second-order valence-electron chi connectivity index (χ2n) is 2.91. The molecule has 0 fully saturated rings. The number of rotatable bonds is 3. The summed E-state index contributed by atoms with van der Waals surface area (Å²) in [6.07, 6.45) is 0. The van der Waals surface area contributed by atoms with E-state index >= 15 is 0 Å². The number of hydrogen-bond acceptors (Lipinski definition) is 3. The second kappa shape index (κ2) is 5.99. The molecule has 0 amide bonds. The molecule has 3 nitrogen and oxygen atoms in total. The Bertz CT molecular complexity index is 433. The van der Waals surface area contributed by atoms with Gasteiger partial charge in [0.05, 0.1) is 12.7 Å². The summed E-state index contributed by atoms with van der Waals surface area (Å²) in [5, 5.41) is 0. The normalized spacial score (nSPS) is 11.4. The highest BCUT2D eigenvalue weighted by atomic mass is 79.9. The van der Waals surface area contributed by atoms with E-state index in [1.54, 1.807) is 30.2 Å². The molecule has 0 aliphatic heterocycles. The van der Waals surface area contributed by atoms with Crippen molar-refractivity contribution in [3.05, 3.63) is 34.3 Å². The number of alkyl halides is 1. The van der Waals surface area contributed by atoms with Crippen molar-refractivity contribution in [3.8, 4) is 0 Å². The Balaban J connectivity index is 3.05. The van der Waals surface area contributed by atoms with Crippen LogP contribution in [0.3, 0.4) is 0 Å². The molecule has 1 atom stereocenters. The zero-order valence-electron chi connectivity index (χ0n) is 8.37. The fraction of sp³-hybridized carbons (Fsp3) is 0.182. The minimum Gasteiger partial charge on any atom is -0.468 e. The highest BCUT2D eigenvalue weighted by Crippen LogP contribution is 2.23. The topological polar surface area (TPSA) is 43.4 Å². The van der Waals surface area contributed by atoms with Gasteiger partial charge in [-0.15, -0.1) is 0 Å². The SMILES string of the molecule is COC(=O)C(Br)C(=C=O)c1ccc(Br)cc1. The van der Waals surface area contributed by atoms with Crippen molar-refractivity contribution < 1.29 is 14.3 Å². The lowest BCUT2D eigenvalue weighted by molar-refractivity contribution is -0.138. The molecule has 0 heterocycles. The smallest absolute Gasteiger partial charge is 0.324 e. The van der Waals surface area contributed by atoms with Gasteiger partial charge in [0.25, 0.3) is 0 Å². The summed E-state index contributed by atoms with van der Waals surface area (Å²) in [5.41, 5.74) is 0.852. The molecule has 0 radical (unpaired) electrons. The van der Waals surface area contributed by atoms with Crippen LogP contribution in [0.5, 0.6) is 0 Å². The van der Waals surface area contributed by atoms with Crippen LogP contribution in [-0.2, 0) is 14.3 Å². The van der Waals surface area contributed by atoms with E-state index in [9.17, 15) is 9.59 Å². The van der Waals surface area contributed by atoms with Gasteiger partial charge >= 0.3 is 5.97 Å².